The lowest BCUT2D eigenvalue weighted by molar-refractivity contribution is 0.579. The van der Waals surface area contributed by atoms with Crippen molar-refractivity contribution in [1.29, 1.82) is 0 Å². The number of rotatable bonds is 5. The summed E-state index contributed by atoms with van der Waals surface area (Å²) < 4.78 is 30.7. The fraction of sp³-hybridized carbons (Fsp3) is 0.474. The van der Waals surface area contributed by atoms with Crippen LogP contribution in [0.5, 0.6) is 0 Å². The van der Waals surface area contributed by atoms with Gasteiger partial charge in [-0.15, -0.1) is 0 Å². The Morgan fingerprint density at radius 2 is 1.67 bits per heavy atom. The molecule has 7 nitrogen and oxygen atoms in total. The summed E-state index contributed by atoms with van der Waals surface area (Å²) in [6, 6.07) is 3.10. The summed E-state index contributed by atoms with van der Waals surface area (Å²) in [5.74, 6) is 0. The first-order valence-corrected chi connectivity index (χ1v) is 10.6. The molecule has 0 amide bonds. The fourth-order valence-corrected chi connectivity index (χ4v) is 4.83. The van der Waals surface area contributed by atoms with E-state index in [-0.39, 0.29) is 4.90 Å². The summed E-state index contributed by atoms with van der Waals surface area (Å²) >= 11 is 0. The average molecular weight is 391 g/mol. The van der Waals surface area contributed by atoms with Crippen LogP contribution in [0.15, 0.2) is 38.3 Å². The second-order valence-electron chi connectivity index (χ2n) is 7.09. The summed E-state index contributed by atoms with van der Waals surface area (Å²) in [5, 5.41) is 0. The Kier molecular flexibility index (Phi) is 5.39. The number of aryl methyl sites for hydroxylation is 3. The van der Waals surface area contributed by atoms with Crippen LogP contribution in [0.25, 0.3) is 11.0 Å². The number of nitrogens with zero attached hydrogens (tertiary/aromatic N) is 2. The molecule has 0 aliphatic heterocycles. The molecule has 27 heavy (non-hydrogen) atoms. The van der Waals surface area contributed by atoms with Gasteiger partial charge in [0.25, 0.3) is 0 Å². The van der Waals surface area contributed by atoms with Crippen LogP contribution in [0.4, 0.5) is 0 Å². The third-order valence-corrected chi connectivity index (χ3v) is 6.80. The van der Waals surface area contributed by atoms with E-state index in [1.165, 1.54) is 41.3 Å². The van der Waals surface area contributed by atoms with E-state index in [1.807, 2.05) is 0 Å². The topological polar surface area (TPSA) is 90.2 Å². The molecule has 0 fully saturated rings. The van der Waals surface area contributed by atoms with Crippen LogP contribution >= 0.6 is 0 Å². The van der Waals surface area contributed by atoms with Crippen molar-refractivity contribution in [3.8, 4) is 0 Å². The van der Waals surface area contributed by atoms with Crippen molar-refractivity contribution in [2.24, 2.45) is 14.1 Å². The molecule has 0 bridgehead atoms. The minimum Gasteiger partial charge on any atom is -0.305 e. The molecule has 1 aromatic carbocycles. The van der Waals surface area contributed by atoms with Gasteiger partial charge in [0.05, 0.1) is 15.9 Å². The van der Waals surface area contributed by atoms with Crippen LogP contribution < -0.4 is 15.8 Å². The molecule has 1 aliphatic carbocycles. The Bertz CT molecular complexity index is 1140. The van der Waals surface area contributed by atoms with Gasteiger partial charge in [-0.1, -0.05) is 11.6 Å². The molecule has 146 valence electrons. The molecule has 0 spiro atoms. The van der Waals surface area contributed by atoms with Crippen molar-refractivity contribution in [1.82, 2.24) is 13.9 Å². The van der Waals surface area contributed by atoms with E-state index >= 15 is 0 Å². The maximum Gasteiger partial charge on any atom is 0.316 e. The summed E-state index contributed by atoms with van der Waals surface area (Å²) in [4.78, 5) is 24.2. The van der Waals surface area contributed by atoms with E-state index in [0.717, 1.165) is 19.3 Å². The molecule has 2 aromatic rings. The Balaban J connectivity index is 1.95. The van der Waals surface area contributed by atoms with Gasteiger partial charge < -0.3 is 9.13 Å². The highest BCUT2D eigenvalue weighted by atomic mass is 32.2. The Morgan fingerprint density at radius 3 is 2.26 bits per heavy atom. The van der Waals surface area contributed by atoms with Crippen molar-refractivity contribution in [2.45, 2.75) is 43.9 Å². The van der Waals surface area contributed by atoms with Gasteiger partial charge >= 0.3 is 11.1 Å². The Hall–Kier alpha value is -2.19. The molecule has 0 unspecified atom stereocenters. The quantitative estimate of drug-likeness (QED) is 0.621. The maximum atomic E-state index is 12.8. The van der Waals surface area contributed by atoms with Crippen molar-refractivity contribution in [3.05, 3.63) is 50.1 Å². The van der Waals surface area contributed by atoms with E-state index in [2.05, 4.69) is 10.8 Å². The van der Waals surface area contributed by atoms with E-state index in [9.17, 15) is 18.0 Å². The van der Waals surface area contributed by atoms with Crippen LogP contribution in [0.3, 0.4) is 0 Å². The number of fused-ring (bicyclic) bond motifs is 1. The number of aromatic nitrogens is 2. The SMILES string of the molecule is Cc1cc2c(cc1S(=O)(=O)NCCC1=CCCCC1)n(C)c(=O)c(=O)n2C. The van der Waals surface area contributed by atoms with Gasteiger partial charge in [-0.3, -0.25) is 9.59 Å². The van der Waals surface area contributed by atoms with Crippen molar-refractivity contribution in [3.63, 3.8) is 0 Å². The molecule has 0 saturated carbocycles. The van der Waals surface area contributed by atoms with Gasteiger partial charge in [0, 0.05) is 20.6 Å². The monoisotopic (exact) mass is 391 g/mol. The van der Waals surface area contributed by atoms with Crippen molar-refractivity contribution >= 4 is 21.1 Å². The second-order valence-corrected chi connectivity index (χ2v) is 8.83. The zero-order chi connectivity index (χ0) is 19.8. The molecule has 1 heterocycles. The van der Waals surface area contributed by atoms with E-state index in [0.29, 0.717) is 29.6 Å². The standard InChI is InChI=1S/C19H25N3O4S/c1-13-11-15-16(22(3)19(24)18(23)21(15)2)12-17(13)27(25,26)20-10-9-14-7-5-4-6-8-14/h7,11-12,20H,4-6,8-10H2,1-3H3. The zero-order valence-electron chi connectivity index (χ0n) is 15.9. The Labute approximate surface area is 158 Å². The minimum absolute atomic E-state index is 0.126. The van der Waals surface area contributed by atoms with Gasteiger partial charge in [-0.2, -0.15) is 0 Å². The van der Waals surface area contributed by atoms with Crippen LogP contribution in [0.1, 0.15) is 37.7 Å². The predicted octanol–water partition coefficient (Wildman–Crippen LogP) is 1.71. The first-order chi connectivity index (χ1) is 12.7. The van der Waals surface area contributed by atoms with Gasteiger partial charge in [0.15, 0.2) is 0 Å². The normalized spacial score (nSPS) is 15.1. The molecule has 1 N–H and O–H groups in total. The lowest BCUT2D eigenvalue weighted by Crippen LogP contribution is -2.39. The highest BCUT2D eigenvalue weighted by Crippen LogP contribution is 2.22. The molecule has 3 rings (SSSR count). The Morgan fingerprint density at radius 1 is 1.04 bits per heavy atom. The van der Waals surface area contributed by atoms with Crippen LogP contribution in [0, 0.1) is 6.92 Å². The largest absolute Gasteiger partial charge is 0.316 e. The number of nitrogens with one attached hydrogen (secondary N) is 1. The number of hydrogen-bond acceptors (Lipinski definition) is 4. The number of benzene rings is 1. The highest BCUT2D eigenvalue weighted by Gasteiger charge is 2.20. The molecule has 1 aliphatic rings. The molecule has 8 heteroatoms. The summed E-state index contributed by atoms with van der Waals surface area (Å²) in [7, 11) is -0.733. The van der Waals surface area contributed by atoms with Gasteiger partial charge in [-0.05, 0) is 56.7 Å². The maximum absolute atomic E-state index is 12.8. The van der Waals surface area contributed by atoms with Crippen LogP contribution in [0.2, 0.25) is 0 Å². The van der Waals surface area contributed by atoms with Crippen molar-refractivity contribution < 1.29 is 8.42 Å². The fourth-order valence-electron chi connectivity index (χ4n) is 3.55. The van der Waals surface area contributed by atoms with Crippen molar-refractivity contribution in [2.75, 3.05) is 6.54 Å². The minimum atomic E-state index is -3.72. The van der Waals surface area contributed by atoms with Crippen LogP contribution in [-0.4, -0.2) is 24.1 Å². The third-order valence-electron chi connectivity index (χ3n) is 5.20. The second kappa shape index (κ2) is 7.44. The lowest BCUT2D eigenvalue weighted by Gasteiger charge is -2.15. The first-order valence-electron chi connectivity index (χ1n) is 9.10. The zero-order valence-corrected chi connectivity index (χ0v) is 16.7. The number of sulfonamides is 1. The molecular formula is C19H25N3O4S. The van der Waals surface area contributed by atoms with Gasteiger partial charge in [0.1, 0.15) is 0 Å². The molecule has 0 atom stereocenters. The first kappa shape index (κ1) is 19.6. The number of hydrogen-bond donors (Lipinski definition) is 1. The summed E-state index contributed by atoms with van der Waals surface area (Å²) in [6.45, 7) is 2.03. The van der Waals surface area contributed by atoms with Crippen LogP contribution in [-0.2, 0) is 24.1 Å². The van der Waals surface area contributed by atoms with Gasteiger partial charge in [0.2, 0.25) is 10.0 Å². The smallest absolute Gasteiger partial charge is 0.305 e. The number of allylic oxidation sites excluding steroid dienone is 1. The molecule has 0 saturated heterocycles. The van der Waals surface area contributed by atoms with E-state index in [1.54, 1.807) is 13.0 Å². The summed E-state index contributed by atoms with van der Waals surface area (Å²) in [6.07, 6.45) is 7.38. The molecule has 0 radical (unpaired) electrons. The molecule has 1 aromatic heterocycles. The van der Waals surface area contributed by atoms with Gasteiger partial charge in [-0.25, -0.2) is 13.1 Å². The predicted molar refractivity (Wildman–Crippen MR) is 106 cm³/mol. The average Bonchev–Trinajstić information content (AvgIpc) is 2.65. The summed E-state index contributed by atoms with van der Waals surface area (Å²) in [5.41, 5.74) is 1.43. The highest BCUT2D eigenvalue weighted by molar-refractivity contribution is 7.89. The van der Waals surface area contributed by atoms with E-state index in [4.69, 9.17) is 0 Å². The molecular weight excluding hydrogens is 366 g/mol. The lowest BCUT2D eigenvalue weighted by atomic mass is 9.97. The third kappa shape index (κ3) is 3.77. The van der Waals surface area contributed by atoms with E-state index < -0.39 is 21.1 Å².